The number of halogens is 7. The third-order valence-electron chi connectivity index (χ3n) is 3.13. The fourth-order valence-electron chi connectivity index (χ4n) is 1.97. The molecule has 0 amide bonds. The van der Waals surface area contributed by atoms with Crippen LogP contribution < -0.4 is 0 Å². The molecule has 24 heavy (non-hydrogen) atoms. The van der Waals surface area contributed by atoms with Gasteiger partial charge in [0.25, 0.3) is 0 Å². The fourth-order valence-corrected chi connectivity index (χ4v) is 3.28. The van der Waals surface area contributed by atoms with Crippen molar-refractivity contribution in [3.8, 4) is 11.4 Å². The summed E-state index contributed by atoms with van der Waals surface area (Å²) in [5.41, 5.74) is -0.161. The first-order valence-electron chi connectivity index (χ1n) is 6.50. The summed E-state index contributed by atoms with van der Waals surface area (Å²) in [6, 6.07) is 4.51. The van der Waals surface area contributed by atoms with E-state index < -0.39 is 23.8 Å². The molecule has 0 aliphatic carbocycles. The standard InChI is InChI=1S/C14H11BrF6N2S/c1-7-3-4-8(5-9(7)24-6-13(16,17)18)12-22-10(14(19,20)21)11(15)23(12)2/h3-5H,6H2,1-2H3. The largest absolute Gasteiger partial charge is 0.436 e. The van der Waals surface area contributed by atoms with Crippen molar-refractivity contribution in [1.82, 2.24) is 9.55 Å². The number of thioether (sulfide) groups is 1. The zero-order valence-corrected chi connectivity index (χ0v) is 14.8. The van der Waals surface area contributed by atoms with E-state index in [1.54, 1.807) is 13.0 Å². The number of hydrogen-bond acceptors (Lipinski definition) is 2. The Bertz CT molecular complexity index is 751. The predicted molar refractivity (Wildman–Crippen MR) is 82.9 cm³/mol. The fraction of sp³-hybridized carbons (Fsp3) is 0.357. The molecule has 2 nitrogen and oxygen atoms in total. The summed E-state index contributed by atoms with van der Waals surface area (Å²) in [4.78, 5) is 3.94. The van der Waals surface area contributed by atoms with Crippen molar-refractivity contribution in [2.75, 3.05) is 5.75 Å². The Morgan fingerprint density at radius 3 is 2.29 bits per heavy atom. The van der Waals surface area contributed by atoms with Crippen molar-refractivity contribution in [2.45, 2.75) is 24.2 Å². The van der Waals surface area contributed by atoms with E-state index in [2.05, 4.69) is 20.9 Å². The normalized spacial score (nSPS) is 12.7. The first-order valence-corrected chi connectivity index (χ1v) is 8.28. The Morgan fingerprint density at radius 2 is 1.79 bits per heavy atom. The van der Waals surface area contributed by atoms with Gasteiger partial charge in [0.15, 0.2) is 5.69 Å². The highest BCUT2D eigenvalue weighted by Crippen LogP contribution is 2.38. The van der Waals surface area contributed by atoms with Gasteiger partial charge in [0.1, 0.15) is 10.4 Å². The van der Waals surface area contributed by atoms with Crippen LogP contribution in [0.5, 0.6) is 0 Å². The summed E-state index contributed by atoms with van der Waals surface area (Å²) in [6.45, 7) is 1.64. The third kappa shape index (κ3) is 4.27. The number of nitrogens with zero attached hydrogens (tertiary/aromatic N) is 2. The molecule has 1 heterocycles. The molecule has 0 bridgehead atoms. The molecule has 0 aliphatic heterocycles. The van der Waals surface area contributed by atoms with Gasteiger partial charge in [0.2, 0.25) is 0 Å². The Labute approximate surface area is 146 Å². The zero-order valence-electron chi connectivity index (χ0n) is 12.4. The molecule has 2 aromatic rings. The maximum Gasteiger partial charge on any atom is 0.436 e. The average molecular weight is 433 g/mol. The molecule has 132 valence electrons. The minimum atomic E-state index is -4.63. The topological polar surface area (TPSA) is 17.8 Å². The monoisotopic (exact) mass is 432 g/mol. The molecule has 10 heteroatoms. The molecular formula is C14H11BrF6N2S. The van der Waals surface area contributed by atoms with Gasteiger partial charge in [-0.05, 0) is 34.5 Å². The highest BCUT2D eigenvalue weighted by molar-refractivity contribution is 9.10. The summed E-state index contributed by atoms with van der Waals surface area (Å²) in [5.74, 6) is -1.06. The summed E-state index contributed by atoms with van der Waals surface area (Å²) in [7, 11) is 1.39. The number of benzene rings is 1. The molecule has 0 atom stereocenters. The molecule has 2 rings (SSSR count). The van der Waals surface area contributed by atoms with Crippen LogP contribution in [0.4, 0.5) is 26.3 Å². The summed E-state index contributed by atoms with van der Waals surface area (Å²) in [5, 5.41) is 0. The molecule has 0 aliphatic rings. The highest BCUT2D eigenvalue weighted by atomic mass is 79.9. The van der Waals surface area contributed by atoms with Crippen molar-refractivity contribution in [2.24, 2.45) is 7.05 Å². The number of rotatable bonds is 3. The third-order valence-corrected chi connectivity index (χ3v) is 5.26. The molecule has 1 aromatic carbocycles. The number of alkyl halides is 6. The van der Waals surface area contributed by atoms with Crippen LogP contribution in [-0.4, -0.2) is 21.5 Å². The Hall–Kier alpha value is -1.16. The quantitative estimate of drug-likeness (QED) is 0.448. The van der Waals surface area contributed by atoms with Crippen molar-refractivity contribution >= 4 is 27.7 Å². The van der Waals surface area contributed by atoms with Crippen molar-refractivity contribution in [3.63, 3.8) is 0 Å². The van der Waals surface area contributed by atoms with Crippen LogP contribution in [0.1, 0.15) is 11.3 Å². The first-order chi connectivity index (χ1) is 10.9. The lowest BCUT2D eigenvalue weighted by atomic mass is 10.1. The molecule has 0 saturated carbocycles. The second kappa shape index (κ2) is 6.62. The molecule has 0 unspecified atom stereocenters. The van der Waals surface area contributed by atoms with E-state index in [4.69, 9.17) is 0 Å². The van der Waals surface area contributed by atoms with Gasteiger partial charge in [0, 0.05) is 17.5 Å². The van der Waals surface area contributed by atoms with E-state index >= 15 is 0 Å². The molecule has 0 saturated heterocycles. The smallest absolute Gasteiger partial charge is 0.321 e. The Balaban J connectivity index is 2.43. The summed E-state index contributed by atoms with van der Waals surface area (Å²) >= 11 is 3.44. The van der Waals surface area contributed by atoms with Crippen LogP contribution in [-0.2, 0) is 13.2 Å². The van der Waals surface area contributed by atoms with E-state index in [0.717, 1.165) is 0 Å². The van der Waals surface area contributed by atoms with Gasteiger partial charge in [-0.1, -0.05) is 12.1 Å². The second-order valence-corrected chi connectivity index (χ2v) is 6.78. The van der Waals surface area contributed by atoms with Gasteiger partial charge >= 0.3 is 12.4 Å². The SMILES string of the molecule is Cc1ccc(-c2nc(C(F)(F)F)c(Br)n2C)cc1SCC(F)(F)F. The Morgan fingerprint density at radius 1 is 1.17 bits per heavy atom. The zero-order chi connectivity index (χ0) is 18.3. The van der Waals surface area contributed by atoms with E-state index in [-0.39, 0.29) is 10.4 Å². The number of imidazole rings is 1. The molecule has 1 aromatic heterocycles. The van der Waals surface area contributed by atoms with E-state index in [1.807, 2.05) is 0 Å². The first kappa shape index (κ1) is 19.2. The maximum atomic E-state index is 12.9. The second-order valence-electron chi connectivity index (χ2n) is 5.02. The molecular weight excluding hydrogens is 422 g/mol. The number of aryl methyl sites for hydroxylation is 1. The van der Waals surface area contributed by atoms with Gasteiger partial charge < -0.3 is 4.57 Å². The van der Waals surface area contributed by atoms with Crippen LogP contribution in [0.25, 0.3) is 11.4 Å². The van der Waals surface area contributed by atoms with E-state index in [9.17, 15) is 26.3 Å². The van der Waals surface area contributed by atoms with Crippen LogP contribution >= 0.6 is 27.7 Å². The number of hydrogen-bond donors (Lipinski definition) is 0. The van der Waals surface area contributed by atoms with Gasteiger partial charge in [0.05, 0.1) is 5.75 Å². The van der Waals surface area contributed by atoms with Crippen LogP contribution in [0, 0.1) is 6.92 Å². The van der Waals surface area contributed by atoms with Gasteiger partial charge in [-0.25, -0.2) is 4.98 Å². The molecule has 0 spiro atoms. The molecule has 0 radical (unpaired) electrons. The van der Waals surface area contributed by atoms with E-state index in [1.165, 1.54) is 23.7 Å². The lowest BCUT2D eigenvalue weighted by Crippen LogP contribution is -2.10. The highest BCUT2D eigenvalue weighted by Gasteiger charge is 2.38. The van der Waals surface area contributed by atoms with Crippen molar-refractivity contribution < 1.29 is 26.3 Å². The van der Waals surface area contributed by atoms with Crippen molar-refractivity contribution in [3.05, 3.63) is 34.1 Å². The molecule has 0 N–H and O–H groups in total. The maximum absolute atomic E-state index is 12.9. The molecule has 0 fully saturated rings. The lowest BCUT2D eigenvalue weighted by Gasteiger charge is -2.10. The van der Waals surface area contributed by atoms with Crippen LogP contribution in [0.15, 0.2) is 27.7 Å². The van der Waals surface area contributed by atoms with E-state index in [0.29, 0.717) is 27.8 Å². The lowest BCUT2D eigenvalue weighted by molar-refractivity contribution is -0.141. The Kier molecular flexibility index (Phi) is 5.29. The minimum absolute atomic E-state index is 0.0167. The van der Waals surface area contributed by atoms with Crippen molar-refractivity contribution in [1.29, 1.82) is 0 Å². The minimum Gasteiger partial charge on any atom is -0.321 e. The van der Waals surface area contributed by atoms with Gasteiger partial charge in [-0.15, -0.1) is 11.8 Å². The summed E-state index contributed by atoms with van der Waals surface area (Å²) in [6.07, 6.45) is -8.96. The predicted octanol–water partition coefficient (Wildman–Crippen LogP) is 5.83. The van der Waals surface area contributed by atoms with Crippen LogP contribution in [0.3, 0.4) is 0 Å². The van der Waals surface area contributed by atoms with Gasteiger partial charge in [-0.2, -0.15) is 26.3 Å². The van der Waals surface area contributed by atoms with Gasteiger partial charge in [-0.3, -0.25) is 0 Å². The summed E-state index contributed by atoms with van der Waals surface area (Å²) < 4.78 is 76.9. The van der Waals surface area contributed by atoms with Crippen LogP contribution in [0.2, 0.25) is 0 Å². The number of aromatic nitrogens is 2. The average Bonchev–Trinajstić information content (AvgIpc) is 2.73.